The molecule has 0 saturated heterocycles. The molecule has 2 unspecified atom stereocenters. The van der Waals surface area contributed by atoms with E-state index in [1.807, 2.05) is 6.07 Å². The van der Waals surface area contributed by atoms with Crippen molar-refractivity contribution in [1.29, 1.82) is 5.26 Å². The molecule has 37 heavy (non-hydrogen) atoms. The van der Waals surface area contributed by atoms with Crippen LogP contribution in [0.4, 0.5) is 5.82 Å². The highest BCUT2D eigenvalue weighted by molar-refractivity contribution is 5.89. The Morgan fingerprint density at radius 1 is 1.35 bits per heavy atom. The van der Waals surface area contributed by atoms with Gasteiger partial charge >= 0.3 is 5.97 Å². The summed E-state index contributed by atoms with van der Waals surface area (Å²) in [5.41, 5.74) is 11.2. The third-order valence-corrected chi connectivity index (χ3v) is 7.28. The van der Waals surface area contributed by atoms with E-state index in [9.17, 15) is 25.1 Å². The van der Waals surface area contributed by atoms with Crippen LogP contribution < -0.4 is 22.1 Å². The molecule has 1 amide bonds. The maximum Gasteiger partial charge on any atom is 0.326 e. The number of nitrogens with two attached hydrogens (primary N) is 2. The van der Waals surface area contributed by atoms with E-state index in [2.05, 4.69) is 22.8 Å². The van der Waals surface area contributed by atoms with Gasteiger partial charge in [0.2, 0.25) is 5.72 Å². The molecule has 1 aliphatic heterocycles. The minimum atomic E-state index is -2.53. The minimum absolute atomic E-state index is 0.0153. The number of hydrogen-bond donors (Lipinski definition) is 6. The molecule has 2 heterocycles. The molecule has 1 saturated carbocycles. The molecule has 1 aliphatic carbocycles. The number of aromatic nitrogens is 1. The molecule has 1 aromatic heterocycles. The van der Waals surface area contributed by atoms with Gasteiger partial charge in [0.25, 0.3) is 5.91 Å². The Balaban J connectivity index is 1.37. The standard InChI is InChI=1S/C26H40N6O5/c1-16(28)4-7-19(15-27)26(29,36)25(35)32-22(24(33)34)10-12-37-21-13-17(14-21)5-8-20-9-6-18-3-2-11-30-23(18)31-20/h6,9,16-17,19,21-22,36H,2-5,7-8,10-14,28-29H2,1H3,(H,30,31)(H,32,35)(H,33,34)/t16?,17?,19?,21?,22-,26+/m0/s1. The van der Waals surface area contributed by atoms with E-state index in [4.69, 9.17) is 21.2 Å². The Bertz CT molecular complexity index is 973. The van der Waals surface area contributed by atoms with Gasteiger partial charge in [-0.3, -0.25) is 10.5 Å². The van der Waals surface area contributed by atoms with E-state index in [1.54, 1.807) is 6.92 Å². The van der Waals surface area contributed by atoms with Crippen molar-refractivity contribution in [1.82, 2.24) is 10.3 Å². The summed E-state index contributed by atoms with van der Waals surface area (Å²) in [6.45, 7) is 2.85. The van der Waals surface area contributed by atoms with Crippen LogP contribution in [0.25, 0.3) is 0 Å². The zero-order chi connectivity index (χ0) is 27.0. The van der Waals surface area contributed by atoms with E-state index in [0.29, 0.717) is 12.3 Å². The summed E-state index contributed by atoms with van der Waals surface area (Å²) in [5.74, 6) is -2.04. The lowest BCUT2D eigenvalue weighted by Gasteiger charge is -2.35. The largest absolute Gasteiger partial charge is 0.480 e. The molecule has 204 valence electrons. The van der Waals surface area contributed by atoms with Gasteiger partial charge in [-0.2, -0.15) is 5.26 Å². The molecule has 0 spiro atoms. The molecule has 2 aliphatic rings. The summed E-state index contributed by atoms with van der Waals surface area (Å²) >= 11 is 0. The number of aliphatic hydroxyl groups is 1. The number of nitriles is 1. The number of carboxylic acids is 1. The summed E-state index contributed by atoms with van der Waals surface area (Å²) in [6.07, 6.45) is 6.52. The van der Waals surface area contributed by atoms with Gasteiger partial charge < -0.3 is 31.3 Å². The van der Waals surface area contributed by atoms with Crippen LogP contribution in [0.2, 0.25) is 0 Å². The summed E-state index contributed by atoms with van der Waals surface area (Å²) in [7, 11) is 0. The molecule has 0 bridgehead atoms. The van der Waals surface area contributed by atoms with Gasteiger partial charge in [0.05, 0.1) is 18.1 Å². The van der Waals surface area contributed by atoms with Crippen molar-refractivity contribution in [3.8, 4) is 6.07 Å². The number of pyridine rings is 1. The van der Waals surface area contributed by atoms with Crippen molar-refractivity contribution in [3.05, 3.63) is 23.4 Å². The van der Waals surface area contributed by atoms with Crippen molar-refractivity contribution in [2.45, 2.75) is 88.6 Å². The number of aryl methyl sites for hydroxylation is 2. The van der Waals surface area contributed by atoms with Gasteiger partial charge in [0.1, 0.15) is 11.9 Å². The van der Waals surface area contributed by atoms with Crippen molar-refractivity contribution in [2.75, 3.05) is 18.5 Å². The molecule has 8 N–H and O–H groups in total. The first kappa shape index (κ1) is 28.8. The SMILES string of the molecule is CC(N)CCC(C#N)[C@@](N)(O)C(=O)N[C@@H](CCOC1CC(CCc2ccc3c(n2)NCCC3)C1)C(=O)O. The fourth-order valence-corrected chi connectivity index (χ4v) is 4.76. The Morgan fingerprint density at radius 3 is 2.78 bits per heavy atom. The molecule has 11 nitrogen and oxygen atoms in total. The summed E-state index contributed by atoms with van der Waals surface area (Å²) in [5, 5.41) is 34.9. The normalized spacial score (nSPS) is 22.7. The third-order valence-electron chi connectivity index (χ3n) is 7.28. The summed E-state index contributed by atoms with van der Waals surface area (Å²) in [6, 6.07) is 4.57. The Labute approximate surface area is 218 Å². The van der Waals surface area contributed by atoms with Crippen molar-refractivity contribution >= 4 is 17.7 Å². The fraction of sp³-hybridized carbons (Fsp3) is 0.692. The van der Waals surface area contributed by atoms with Gasteiger partial charge in [-0.25, -0.2) is 9.78 Å². The number of hydrogen-bond acceptors (Lipinski definition) is 9. The quantitative estimate of drug-likeness (QED) is 0.194. The number of nitrogens with one attached hydrogen (secondary N) is 2. The number of carboxylic acid groups (broad SMARTS) is 1. The van der Waals surface area contributed by atoms with Crippen LogP contribution >= 0.6 is 0 Å². The fourth-order valence-electron chi connectivity index (χ4n) is 4.76. The smallest absolute Gasteiger partial charge is 0.326 e. The first-order valence-corrected chi connectivity index (χ1v) is 13.1. The highest BCUT2D eigenvalue weighted by atomic mass is 16.5. The lowest BCUT2D eigenvalue weighted by molar-refractivity contribution is -0.150. The first-order chi connectivity index (χ1) is 17.6. The Morgan fingerprint density at radius 2 is 2.11 bits per heavy atom. The van der Waals surface area contributed by atoms with Crippen LogP contribution in [0.3, 0.4) is 0 Å². The Hall–Kier alpha value is -2.78. The lowest BCUT2D eigenvalue weighted by atomic mass is 9.79. The second-order valence-electron chi connectivity index (χ2n) is 10.4. The van der Waals surface area contributed by atoms with Crippen LogP contribution in [0, 0.1) is 23.2 Å². The van der Waals surface area contributed by atoms with Crippen LogP contribution in [0.5, 0.6) is 0 Å². The van der Waals surface area contributed by atoms with Gasteiger partial charge in [-0.05, 0) is 75.8 Å². The second kappa shape index (κ2) is 13.1. The zero-order valence-corrected chi connectivity index (χ0v) is 21.5. The molecular weight excluding hydrogens is 476 g/mol. The first-order valence-electron chi connectivity index (χ1n) is 13.1. The highest BCUT2D eigenvalue weighted by Gasteiger charge is 2.42. The average molecular weight is 517 g/mol. The van der Waals surface area contributed by atoms with Crippen molar-refractivity contribution in [2.24, 2.45) is 23.3 Å². The molecule has 0 radical (unpaired) electrons. The number of anilines is 1. The van der Waals surface area contributed by atoms with E-state index < -0.39 is 29.6 Å². The average Bonchev–Trinajstić information content (AvgIpc) is 2.83. The number of aliphatic carboxylic acids is 1. The molecule has 3 rings (SSSR count). The Kier molecular flexibility index (Phi) is 10.2. The van der Waals surface area contributed by atoms with Gasteiger partial charge in [0, 0.05) is 31.3 Å². The topological polar surface area (TPSA) is 197 Å². The van der Waals surface area contributed by atoms with E-state index >= 15 is 0 Å². The molecule has 1 aromatic rings. The number of nitrogens with zero attached hydrogens (tertiary/aromatic N) is 2. The predicted octanol–water partition coefficient (Wildman–Crippen LogP) is 1.04. The zero-order valence-electron chi connectivity index (χ0n) is 21.5. The lowest BCUT2D eigenvalue weighted by Crippen LogP contribution is -2.61. The van der Waals surface area contributed by atoms with Crippen molar-refractivity contribution in [3.63, 3.8) is 0 Å². The minimum Gasteiger partial charge on any atom is -0.480 e. The monoisotopic (exact) mass is 516 g/mol. The van der Waals surface area contributed by atoms with Crippen molar-refractivity contribution < 1.29 is 24.5 Å². The molecule has 1 fully saturated rings. The number of carbonyl (C=O) groups is 2. The summed E-state index contributed by atoms with van der Waals surface area (Å²) < 4.78 is 5.82. The van der Waals surface area contributed by atoms with Gasteiger partial charge in [-0.15, -0.1) is 0 Å². The maximum absolute atomic E-state index is 12.5. The molecule has 4 atom stereocenters. The van der Waals surface area contributed by atoms with E-state index in [0.717, 1.165) is 56.6 Å². The van der Waals surface area contributed by atoms with Gasteiger partial charge in [0.15, 0.2) is 0 Å². The predicted molar refractivity (Wildman–Crippen MR) is 137 cm³/mol. The van der Waals surface area contributed by atoms with Crippen LogP contribution in [0.1, 0.15) is 63.1 Å². The summed E-state index contributed by atoms with van der Waals surface area (Å²) in [4.78, 5) is 28.9. The van der Waals surface area contributed by atoms with Crippen LogP contribution in [-0.4, -0.2) is 64.1 Å². The number of fused-ring (bicyclic) bond motifs is 1. The van der Waals surface area contributed by atoms with E-state index in [1.165, 1.54) is 5.56 Å². The highest BCUT2D eigenvalue weighted by Crippen LogP contribution is 2.34. The van der Waals surface area contributed by atoms with Gasteiger partial charge in [-0.1, -0.05) is 6.07 Å². The van der Waals surface area contributed by atoms with Crippen LogP contribution in [-0.2, 0) is 27.2 Å². The number of rotatable bonds is 14. The molecular formula is C26H40N6O5. The van der Waals surface area contributed by atoms with E-state index in [-0.39, 0.29) is 31.6 Å². The number of ether oxygens (including phenoxy) is 1. The number of amides is 1. The molecule has 0 aromatic carbocycles. The second-order valence-corrected chi connectivity index (χ2v) is 10.4. The molecule has 11 heteroatoms. The number of carbonyl (C=O) groups excluding carboxylic acids is 1. The maximum atomic E-state index is 12.5. The third kappa shape index (κ3) is 8.10. The van der Waals surface area contributed by atoms with Crippen LogP contribution in [0.15, 0.2) is 12.1 Å².